The molecule has 3 rings (SSSR count). The van der Waals surface area contributed by atoms with Crippen LogP contribution in [0.5, 0.6) is 0 Å². The molecule has 0 bridgehead atoms. The van der Waals surface area contributed by atoms with Gasteiger partial charge in [-0.3, -0.25) is 9.78 Å². The van der Waals surface area contributed by atoms with Gasteiger partial charge in [-0.15, -0.1) is 0 Å². The number of carbonyl (C=O) groups is 1. The van der Waals surface area contributed by atoms with Gasteiger partial charge in [-0.1, -0.05) is 24.3 Å². The number of aromatic nitrogens is 1. The first-order chi connectivity index (χ1) is 11.5. The van der Waals surface area contributed by atoms with Crippen molar-refractivity contribution in [2.75, 3.05) is 20.1 Å². The number of rotatable bonds is 5. The quantitative estimate of drug-likeness (QED) is 0.846. The van der Waals surface area contributed by atoms with Crippen LogP contribution in [0.4, 0.5) is 0 Å². The predicted octanol–water partition coefficient (Wildman–Crippen LogP) is 3.31. The number of likely N-dealkylation sites (tertiary alicyclic amines) is 1. The van der Waals surface area contributed by atoms with Crippen LogP contribution in [0.2, 0.25) is 0 Å². The average Bonchev–Trinajstić information content (AvgIpc) is 2.56. The minimum atomic E-state index is 0.299. The fourth-order valence-corrected chi connectivity index (χ4v) is 3.68. The first kappa shape index (κ1) is 16.9. The lowest BCUT2D eigenvalue weighted by molar-refractivity contribution is -0.136. The van der Waals surface area contributed by atoms with E-state index in [0.29, 0.717) is 24.3 Å². The van der Waals surface area contributed by atoms with Crippen molar-refractivity contribution in [3.8, 4) is 0 Å². The lowest BCUT2D eigenvalue weighted by Gasteiger charge is -2.37. The number of piperidine rings is 1. The third-order valence-corrected chi connectivity index (χ3v) is 4.89. The summed E-state index contributed by atoms with van der Waals surface area (Å²) >= 11 is 0. The fourth-order valence-electron chi connectivity index (χ4n) is 3.68. The van der Waals surface area contributed by atoms with Crippen LogP contribution in [0.1, 0.15) is 32.3 Å². The highest BCUT2D eigenvalue weighted by Gasteiger charge is 2.27. The number of amides is 1. The molecule has 0 N–H and O–H groups in total. The Balaban J connectivity index is 1.65. The minimum absolute atomic E-state index is 0.299. The largest absolute Gasteiger partial charge is 0.340 e. The molecule has 1 unspecified atom stereocenters. The molecule has 2 heterocycles. The van der Waals surface area contributed by atoms with Crippen molar-refractivity contribution in [2.45, 2.75) is 39.3 Å². The lowest BCUT2D eigenvalue weighted by Crippen LogP contribution is -2.46. The highest BCUT2D eigenvalue weighted by atomic mass is 16.2. The van der Waals surface area contributed by atoms with Gasteiger partial charge in [-0.25, -0.2) is 0 Å². The van der Waals surface area contributed by atoms with E-state index in [1.165, 1.54) is 10.9 Å². The van der Waals surface area contributed by atoms with Gasteiger partial charge in [0.25, 0.3) is 0 Å². The molecule has 0 saturated carbocycles. The van der Waals surface area contributed by atoms with Crippen LogP contribution in [0.25, 0.3) is 10.9 Å². The highest BCUT2D eigenvalue weighted by Crippen LogP contribution is 2.22. The van der Waals surface area contributed by atoms with Crippen LogP contribution in [-0.2, 0) is 11.3 Å². The molecule has 1 aromatic carbocycles. The van der Waals surface area contributed by atoms with E-state index in [1.54, 1.807) is 0 Å². The summed E-state index contributed by atoms with van der Waals surface area (Å²) in [5.41, 5.74) is 2.36. The number of pyridine rings is 1. The Hall–Kier alpha value is -1.94. The average molecular weight is 325 g/mol. The van der Waals surface area contributed by atoms with Gasteiger partial charge in [0.2, 0.25) is 5.91 Å². The molecule has 4 nitrogen and oxygen atoms in total. The fraction of sp³-hybridized carbons (Fsp3) is 0.500. The maximum absolute atomic E-state index is 12.0. The Labute approximate surface area is 144 Å². The molecule has 1 fully saturated rings. The van der Waals surface area contributed by atoms with Crippen molar-refractivity contribution >= 4 is 16.8 Å². The van der Waals surface area contributed by atoms with Gasteiger partial charge in [0, 0.05) is 43.7 Å². The molecule has 1 aliphatic heterocycles. The molecular weight excluding hydrogens is 298 g/mol. The molecule has 1 aromatic heterocycles. The summed E-state index contributed by atoms with van der Waals surface area (Å²) in [5, 5.41) is 1.19. The Morgan fingerprint density at radius 3 is 2.88 bits per heavy atom. The summed E-state index contributed by atoms with van der Waals surface area (Å²) in [6.45, 7) is 6.99. The zero-order valence-electron chi connectivity index (χ0n) is 14.9. The summed E-state index contributed by atoms with van der Waals surface area (Å²) in [6.07, 6.45) is 3.55. The van der Waals surface area contributed by atoms with E-state index < -0.39 is 0 Å². The number of nitrogens with zero attached hydrogens (tertiary/aromatic N) is 3. The third-order valence-electron chi connectivity index (χ3n) is 4.89. The van der Waals surface area contributed by atoms with E-state index in [-0.39, 0.29) is 0 Å². The van der Waals surface area contributed by atoms with Gasteiger partial charge in [0.1, 0.15) is 0 Å². The number of fused-ring (bicyclic) bond motifs is 1. The smallest absolute Gasteiger partial charge is 0.222 e. The Bertz CT molecular complexity index is 708. The van der Waals surface area contributed by atoms with E-state index in [1.807, 2.05) is 17.2 Å². The monoisotopic (exact) mass is 325 g/mol. The predicted molar refractivity (Wildman–Crippen MR) is 97.7 cm³/mol. The van der Waals surface area contributed by atoms with Gasteiger partial charge >= 0.3 is 0 Å². The van der Waals surface area contributed by atoms with Crippen LogP contribution in [0, 0.1) is 5.92 Å². The molecule has 1 saturated heterocycles. The number of hydrogen-bond acceptors (Lipinski definition) is 3. The van der Waals surface area contributed by atoms with E-state index in [0.717, 1.165) is 31.6 Å². The molecule has 2 aromatic rings. The molecule has 4 heteroatoms. The van der Waals surface area contributed by atoms with Crippen molar-refractivity contribution in [3.63, 3.8) is 0 Å². The van der Waals surface area contributed by atoms with Gasteiger partial charge in [0.05, 0.1) is 5.52 Å². The number of para-hydroxylation sites is 1. The van der Waals surface area contributed by atoms with Crippen molar-refractivity contribution in [3.05, 3.63) is 42.1 Å². The number of hydrogen-bond donors (Lipinski definition) is 0. The van der Waals surface area contributed by atoms with Crippen molar-refractivity contribution in [1.82, 2.24) is 14.8 Å². The third kappa shape index (κ3) is 3.75. The van der Waals surface area contributed by atoms with Crippen LogP contribution >= 0.6 is 0 Å². The number of benzene rings is 1. The second-order valence-electron chi connectivity index (χ2n) is 7.23. The van der Waals surface area contributed by atoms with Gasteiger partial charge in [-0.2, -0.15) is 0 Å². The maximum Gasteiger partial charge on any atom is 0.222 e. The van der Waals surface area contributed by atoms with Crippen molar-refractivity contribution in [1.29, 1.82) is 0 Å². The van der Waals surface area contributed by atoms with Crippen molar-refractivity contribution in [2.24, 2.45) is 5.92 Å². The number of carbonyl (C=O) groups excluding carboxylic acids is 1. The van der Waals surface area contributed by atoms with E-state index in [9.17, 15) is 4.79 Å². The first-order valence-corrected chi connectivity index (χ1v) is 8.85. The maximum atomic E-state index is 12.0. The molecule has 0 spiro atoms. The van der Waals surface area contributed by atoms with Crippen LogP contribution in [0.15, 0.2) is 36.5 Å². The SMILES string of the molecule is CC(C)N1CC(CN(C)Cc2cccc3cccnc23)CCC1=O. The standard InChI is InChI=1S/C20H27N3O/c1-15(2)23-13-16(9-10-19(23)24)12-22(3)14-18-7-4-6-17-8-5-11-21-20(17)18/h4-8,11,15-16H,9-10,12-14H2,1-3H3. The zero-order chi connectivity index (χ0) is 17.1. The van der Waals surface area contributed by atoms with Crippen LogP contribution in [-0.4, -0.2) is 46.9 Å². The molecule has 0 aliphatic carbocycles. The Morgan fingerprint density at radius 2 is 2.08 bits per heavy atom. The summed E-state index contributed by atoms with van der Waals surface area (Å²) in [4.78, 5) is 20.9. The normalized spacial score (nSPS) is 18.8. The topological polar surface area (TPSA) is 36.4 Å². The molecule has 128 valence electrons. The molecule has 1 atom stereocenters. The highest BCUT2D eigenvalue weighted by molar-refractivity contribution is 5.81. The summed E-state index contributed by atoms with van der Waals surface area (Å²) < 4.78 is 0. The Morgan fingerprint density at radius 1 is 1.29 bits per heavy atom. The lowest BCUT2D eigenvalue weighted by atomic mass is 9.95. The molecule has 1 aliphatic rings. The first-order valence-electron chi connectivity index (χ1n) is 8.85. The van der Waals surface area contributed by atoms with E-state index >= 15 is 0 Å². The molecular formula is C20H27N3O. The van der Waals surface area contributed by atoms with E-state index in [4.69, 9.17) is 0 Å². The van der Waals surface area contributed by atoms with Gasteiger partial charge in [-0.05, 0) is 44.9 Å². The zero-order valence-corrected chi connectivity index (χ0v) is 14.9. The molecule has 1 amide bonds. The van der Waals surface area contributed by atoms with Gasteiger partial charge in [0.15, 0.2) is 0 Å². The van der Waals surface area contributed by atoms with Crippen LogP contribution < -0.4 is 0 Å². The summed E-state index contributed by atoms with van der Waals surface area (Å²) in [7, 11) is 2.16. The summed E-state index contributed by atoms with van der Waals surface area (Å²) in [5.74, 6) is 0.861. The molecule has 24 heavy (non-hydrogen) atoms. The Kier molecular flexibility index (Phi) is 5.14. The summed E-state index contributed by atoms with van der Waals surface area (Å²) in [6, 6.07) is 10.8. The molecule has 0 radical (unpaired) electrons. The van der Waals surface area contributed by atoms with Gasteiger partial charge < -0.3 is 9.80 Å². The minimum Gasteiger partial charge on any atom is -0.340 e. The van der Waals surface area contributed by atoms with Crippen molar-refractivity contribution < 1.29 is 4.79 Å². The second-order valence-corrected chi connectivity index (χ2v) is 7.23. The van der Waals surface area contributed by atoms with E-state index in [2.05, 4.69) is 55.0 Å². The second kappa shape index (κ2) is 7.31. The van der Waals surface area contributed by atoms with Crippen LogP contribution in [0.3, 0.4) is 0 Å².